The molecule has 4 atom stereocenters. The molecule has 84 valence electrons. The van der Waals surface area contributed by atoms with Crippen LogP contribution >= 0.6 is 0 Å². The summed E-state index contributed by atoms with van der Waals surface area (Å²) in [6.45, 7) is 4.28. The second-order valence-electron chi connectivity index (χ2n) is 5.31. The van der Waals surface area contributed by atoms with Crippen molar-refractivity contribution in [1.82, 2.24) is 5.32 Å². The van der Waals surface area contributed by atoms with E-state index in [0.29, 0.717) is 6.61 Å². The van der Waals surface area contributed by atoms with Crippen molar-refractivity contribution in [2.45, 2.75) is 26.2 Å². The predicted molar refractivity (Wildman–Crippen MR) is 56.3 cm³/mol. The average molecular weight is 209 g/mol. The molecule has 1 heterocycles. The molecule has 0 bridgehead atoms. The molecule has 1 spiro atoms. The van der Waals surface area contributed by atoms with Crippen LogP contribution in [-0.2, 0) is 9.53 Å². The SMILES string of the molecule is CCOC(=O)C1CNCC12CCC1CC12. The highest BCUT2D eigenvalue weighted by molar-refractivity contribution is 5.74. The average Bonchev–Trinajstić information content (AvgIpc) is 2.78. The van der Waals surface area contributed by atoms with Crippen LogP contribution in [0.2, 0.25) is 0 Å². The predicted octanol–water partition coefficient (Wildman–Crippen LogP) is 1.19. The fraction of sp³-hybridized carbons (Fsp3) is 0.917. The minimum Gasteiger partial charge on any atom is -0.466 e. The van der Waals surface area contributed by atoms with Crippen molar-refractivity contribution in [2.75, 3.05) is 19.7 Å². The summed E-state index contributed by atoms with van der Waals surface area (Å²) in [5, 5.41) is 3.40. The Kier molecular flexibility index (Phi) is 2.06. The molecule has 4 unspecified atom stereocenters. The van der Waals surface area contributed by atoms with Crippen molar-refractivity contribution in [2.24, 2.45) is 23.2 Å². The van der Waals surface area contributed by atoms with E-state index in [1.165, 1.54) is 19.3 Å². The third kappa shape index (κ3) is 1.25. The van der Waals surface area contributed by atoms with Gasteiger partial charge in [0, 0.05) is 18.5 Å². The minimum absolute atomic E-state index is 0.0371. The summed E-state index contributed by atoms with van der Waals surface area (Å²) in [4.78, 5) is 11.9. The van der Waals surface area contributed by atoms with Crippen molar-refractivity contribution >= 4 is 5.97 Å². The standard InChI is InChI=1S/C12H19NO2/c1-2-15-11(14)10-6-13-7-12(10)4-3-8-5-9(8)12/h8-10,13H,2-7H2,1H3. The largest absolute Gasteiger partial charge is 0.466 e. The first kappa shape index (κ1) is 9.64. The number of carbonyl (C=O) groups is 1. The van der Waals surface area contributed by atoms with Crippen LogP contribution < -0.4 is 5.32 Å². The van der Waals surface area contributed by atoms with Gasteiger partial charge in [0.05, 0.1) is 12.5 Å². The summed E-state index contributed by atoms with van der Waals surface area (Å²) >= 11 is 0. The van der Waals surface area contributed by atoms with Gasteiger partial charge >= 0.3 is 5.97 Å². The number of esters is 1. The number of ether oxygens (including phenoxy) is 1. The quantitative estimate of drug-likeness (QED) is 0.694. The summed E-state index contributed by atoms with van der Waals surface area (Å²) < 4.78 is 5.20. The fourth-order valence-electron chi connectivity index (χ4n) is 3.90. The Hall–Kier alpha value is -0.570. The van der Waals surface area contributed by atoms with Crippen molar-refractivity contribution in [3.05, 3.63) is 0 Å². The lowest BCUT2D eigenvalue weighted by molar-refractivity contribution is -0.151. The van der Waals surface area contributed by atoms with Gasteiger partial charge in [-0.1, -0.05) is 0 Å². The monoisotopic (exact) mass is 209 g/mol. The van der Waals surface area contributed by atoms with Crippen LogP contribution in [0.3, 0.4) is 0 Å². The van der Waals surface area contributed by atoms with Crippen LogP contribution in [0.1, 0.15) is 26.2 Å². The van der Waals surface area contributed by atoms with Gasteiger partial charge in [-0.25, -0.2) is 0 Å². The second kappa shape index (κ2) is 3.21. The second-order valence-corrected chi connectivity index (χ2v) is 5.31. The Morgan fingerprint density at radius 2 is 2.47 bits per heavy atom. The number of hydrogen-bond acceptors (Lipinski definition) is 3. The van der Waals surface area contributed by atoms with Crippen molar-refractivity contribution in [1.29, 1.82) is 0 Å². The summed E-state index contributed by atoms with van der Waals surface area (Å²) in [7, 11) is 0. The highest BCUT2D eigenvalue weighted by atomic mass is 16.5. The number of hydrogen-bond donors (Lipinski definition) is 1. The first-order valence-electron chi connectivity index (χ1n) is 6.15. The molecule has 1 saturated heterocycles. The summed E-state index contributed by atoms with van der Waals surface area (Å²) in [5.41, 5.74) is 0.275. The summed E-state index contributed by atoms with van der Waals surface area (Å²) in [6.07, 6.45) is 3.93. The Labute approximate surface area is 90.6 Å². The van der Waals surface area contributed by atoms with Crippen LogP contribution in [0.25, 0.3) is 0 Å². The zero-order valence-electron chi connectivity index (χ0n) is 9.29. The van der Waals surface area contributed by atoms with Gasteiger partial charge in [-0.2, -0.15) is 0 Å². The van der Waals surface area contributed by atoms with Gasteiger partial charge < -0.3 is 10.1 Å². The van der Waals surface area contributed by atoms with Gasteiger partial charge in [-0.05, 0) is 38.0 Å². The third-order valence-corrected chi connectivity index (χ3v) is 4.71. The van der Waals surface area contributed by atoms with Crippen LogP contribution in [0.4, 0.5) is 0 Å². The Bertz CT molecular complexity index is 287. The third-order valence-electron chi connectivity index (χ3n) is 4.71. The normalized spacial score (nSPS) is 46.9. The van der Waals surface area contributed by atoms with Gasteiger partial charge in [-0.15, -0.1) is 0 Å². The zero-order chi connectivity index (χ0) is 10.5. The van der Waals surface area contributed by atoms with Crippen LogP contribution in [0.15, 0.2) is 0 Å². The molecule has 0 radical (unpaired) electrons. The molecule has 0 aromatic rings. The lowest BCUT2D eigenvalue weighted by Gasteiger charge is -2.30. The molecule has 3 heteroatoms. The van der Waals surface area contributed by atoms with Crippen molar-refractivity contribution < 1.29 is 9.53 Å². The number of nitrogens with one attached hydrogen (secondary N) is 1. The van der Waals surface area contributed by atoms with E-state index in [2.05, 4.69) is 5.32 Å². The topological polar surface area (TPSA) is 38.3 Å². The minimum atomic E-state index is 0.0371. The Morgan fingerprint density at radius 3 is 3.07 bits per heavy atom. The highest BCUT2D eigenvalue weighted by Gasteiger charge is 2.63. The van der Waals surface area contributed by atoms with E-state index in [9.17, 15) is 4.79 Å². The van der Waals surface area contributed by atoms with Crippen LogP contribution in [0.5, 0.6) is 0 Å². The summed E-state index contributed by atoms with van der Waals surface area (Å²) in [6, 6.07) is 0. The highest BCUT2D eigenvalue weighted by Crippen LogP contribution is 2.65. The first-order valence-corrected chi connectivity index (χ1v) is 6.15. The van der Waals surface area contributed by atoms with E-state index in [0.717, 1.165) is 24.9 Å². The lowest BCUT2D eigenvalue weighted by Crippen LogP contribution is -2.36. The van der Waals surface area contributed by atoms with E-state index >= 15 is 0 Å². The molecule has 15 heavy (non-hydrogen) atoms. The van der Waals surface area contributed by atoms with E-state index in [-0.39, 0.29) is 17.3 Å². The molecular formula is C12H19NO2. The maximum Gasteiger partial charge on any atom is 0.310 e. The Morgan fingerprint density at radius 1 is 1.60 bits per heavy atom. The number of carbonyl (C=O) groups excluding carboxylic acids is 1. The molecule has 0 aromatic heterocycles. The van der Waals surface area contributed by atoms with Gasteiger partial charge in [-0.3, -0.25) is 4.79 Å². The molecule has 3 rings (SSSR count). The first-order chi connectivity index (χ1) is 7.28. The molecule has 0 aromatic carbocycles. The fourth-order valence-corrected chi connectivity index (χ4v) is 3.90. The zero-order valence-corrected chi connectivity index (χ0v) is 9.29. The van der Waals surface area contributed by atoms with E-state index < -0.39 is 0 Å². The molecule has 3 aliphatic rings. The van der Waals surface area contributed by atoms with Crippen LogP contribution in [0, 0.1) is 23.2 Å². The molecule has 3 fully saturated rings. The lowest BCUT2D eigenvalue weighted by atomic mass is 9.73. The molecule has 1 aliphatic heterocycles. The van der Waals surface area contributed by atoms with E-state index in [1.54, 1.807) is 0 Å². The number of fused-ring (bicyclic) bond motifs is 2. The van der Waals surface area contributed by atoms with E-state index in [1.807, 2.05) is 6.92 Å². The smallest absolute Gasteiger partial charge is 0.310 e. The maximum absolute atomic E-state index is 11.9. The van der Waals surface area contributed by atoms with Gasteiger partial charge in [0.25, 0.3) is 0 Å². The van der Waals surface area contributed by atoms with Crippen molar-refractivity contribution in [3.8, 4) is 0 Å². The van der Waals surface area contributed by atoms with Crippen molar-refractivity contribution in [3.63, 3.8) is 0 Å². The number of rotatable bonds is 2. The maximum atomic E-state index is 11.9. The summed E-state index contributed by atoms with van der Waals surface area (Å²) in [5.74, 6) is 1.92. The van der Waals surface area contributed by atoms with E-state index in [4.69, 9.17) is 4.74 Å². The van der Waals surface area contributed by atoms with Gasteiger partial charge in [0.1, 0.15) is 0 Å². The molecule has 3 nitrogen and oxygen atoms in total. The van der Waals surface area contributed by atoms with Crippen LogP contribution in [-0.4, -0.2) is 25.7 Å². The molecule has 2 aliphatic carbocycles. The molecular weight excluding hydrogens is 190 g/mol. The Balaban J connectivity index is 1.79. The van der Waals surface area contributed by atoms with Gasteiger partial charge in [0.2, 0.25) is 0 Å². The molecule has 0 amide bonds. The van der Waals surface area contributed by atoms with Gasteiger partial charge in [0.15, 0.2) is 0 Å². The molecule has 1 N–H and O–H groups in total. The molecule has 2 saturated carbocycles.